The molecule has 1 aromatic rings. The molecule has 0 aromatic heterocycles. The summed E-state index contributed by atoms with van der Waals surface area (Å²) in [7, 11) is 0. The maximum Gasteiger partial charge on any atom is 0.0635 e. The van der Waals surface area contributed by atoms with E-state index in [2.05, 4.69) is 38.2 Å². The lowest BCUT2D eigenvalue weighted by Gasteiger charge is -2.22. The van der Waals surface area contributed by atoms with E-state index in [1.807, 2.05) is 12.1 Å². The maximum absolute atomic E-state index is 9.26. The minimum Gasteiger partial charge on any atom is -0.394 e. The number of para-hydroxylation sites is 1. The molecular weight excluding hydrogens is 186 g/mol. The van der Waals surface area contributed by atoms with Crippen LogP contribution in [0.25, 0.3) is 0 Å². The normalized spacial score (nSPS) is 12.9. The lowest BCUT2D eigenvalue weighted by molar-refractivity contribution is 0.249. The lowest BCUT2D eigenvalue weighted by Crippen LogP contribution is -2.29. The van der Waals surface area contributed by atoms with Crippen molar-refractivity contribution >= 4 is 5.69 Å². The van der Waals surface area contributed by atoms with Crippen molar-refractivity contribution in [2.45, 2.75) is 33.2 Å². The lowest BCUT2D eigenvalue weighted by atomic mass is 10.0. The summed E-state index contributed by atoms with van der Waals surface area (Å²) in [6.07, 6.45) is 1.01. The summed E-state index contributed by atoms with van der Waals surface area (Å²) in [5.74, 6) is 0.430. The third-order valence-corrected chi connectivity index (χ3v) is 2.74. The first-order chi connectivity index (χ1) is 7.19. The molecule has 2 nitrogen and oxygen atoms in total. The minimum absolute atomic E-state index is 0.137. The van der Waals surface area contributed by atoms with Gasteiger partial charge in [-0.3, -0.25) is 0 Å². The first kappa shape index (κ1) is 12.1. The highest BCUT2D eigenvalue weighted by atomic mass is 16.3. The summed E-state index contributed by atoms with van der Waals surface area (Å²) in [5, 5.41) is 12.7. The zero-order chi connectivity index (χ0) is 11.3. The number of anilines is 1. The molecule has 1 unspecified atom stereocenters. The highest BCUT2D eigenvalue weighted by molar-refractivity contribution is 5.51. The van der Waals surface area contributed by atoms with Gasteiger partial charge in [-0.15, -0.1) is 0 Å². The Morgan fingerprint density at radius 3 is 2.47 bits per heavy atom. The van der Waals surface area contributed by atoms with Crippen LogP contribution in [-0.2, 0) is 6.42 Å². The van der Waals surface area contributed by atoms with E-state index in [1.54, 1.807) is 0 Å². The Balaban J connectivity index is 2.78. The molecule has 0 saturated heterocycles. The van der Waals surface area contributed by atoms with E-state index in [-0.39, 0.29) is 12.6 Å². The van der Waals surface area contributed by atoms with Crippen LogP contribution in [-0.4, -0.2) is 17.8 Å². The molecule has 1 atom stereocenters. The van der Waals surface area contributed by atoms with Gasteiger partial charge in [0.2, 0.25) is 0 Å². The molecule has 1 aromatic carbocycles. The van der Waals surface area contributed by atoms with Crippen molar-refractivity contribution in [1.82, 2.24) is 0 Å². The van der Waals surface area contributed by atoms with Crippen LogP contribution >= 0.6 is 0 Å². The highest BCUT2D eigenvalue weighted by Gasteiger charge is 2.12. The van der Waals surface area contributed by atoms with Crippen molar-refractivity contribution in [2.24, 2.45) is 5.92 Å². The molecule has 0 bridgehead atoms. The number of benzene rings is 1. The molecule has 0 spiro atoms. The summed E-state index contributed by atoms with van der Waals surface area (Å²) in [6.45, 7) is 6.55. The quantitative estimate of drug-likeness (QED) is 0.778. The third kappa shape index (κ3) is 3.24. The molecule has 2 heteroatoms. The van der Waals surface area contributed by atoms with E-state index in [0.29, 0.717) is 5.92 Å². The number of aliphatic hydroxyl groups is 1. The summed E-state index contributed by atoms with van der Waals surface area (Å²) in [4.78, 5) is 0. The van der Waals surface area contributed by atoms with Crippen LogP contribution in [0, 0.1) is 5.92 Å². The van der Waals surface area contributed by atoms with E-state index in [4.69, 9.17) is 0 Å². The van der Waals surface area contributed by atoms with Crippen LogP contribution in [0.5, 0.6) is 0 Å². The smallest absolute Gasteiger partial charge is 0.0635 e. The Hall–Kier alpha value is -1.02. The van der Waals surface area contributed by atoms with Crippen molar-refractivity contribution in [3.8, 4) is 0 Å². The molecule has 0 radical (unpaired) electrons. The SMILES string of the molecule is CCc1ccccc1NC(CO)C(C)C. The monoisotopic (exact) mass is 207 g/mol. The van der Waals surface area contributed by atoms with Gasteiger partial charge in [0.25, 0.3) is 0 Å². The van der Waals surface area contributed by atoms with Gasteiger partial charge in [0.05, 0.1) is 12.6 Å². The fourth-order valence-electron chi connectivity index (χ4n) is 1.59. The summed E-state index contributed by atoms with van der Waals surface area (Å²) < 4.78 is 0. The summed E-state index contributed by atoms with van der Waals surface area (Å²) in [6, 6.07) is 8.41. The van der Waals surface area contributed by atoms with Gasteiger partial charge in [-0.25, -0.2) is 0 Å². The van der Waals surface area contributed by atoms with Gasteiger partial charge in [0, 0.05) is 5.69 Å². The van der Waals surface area contributed by atoms with Crippen molar-refractivity contribution < 1.29 is 5.11 Å². The van der Waals surface area contributed by atoms with Crippen molar-refractivity contribution in [3.05, 3.63) is 29.8 Å². The molecule has 0 aliphatic heterocycles. The molecule has 0 aliphatic rings. The topological polar surface area (TPSA) is 32.3 Å². The van der Waals surface area contributed by atoms with E-state index in [9.17, 15) is 5.11 Å². The number of aryl methyl sites for hydroxylation is 1. The molecule has 0 aliphatic carbocycles. The minimum atomic E-state index is 0.137. The van der Waals surface area contributed by atoms with Gasteiger partial charge >= 0.3 is 0 Å². The fourth-order valence-corrected chi connectivity index (χ4v) is 1.59. The standard InChI is InChI=1S/C13H21NO/c1-4-11-7-5-6-8-12(11)14-13(9-15)10(2)3/h5-8,10,13-15H,4,9H2,1-3H3. The van der Waals surface area contributed by atoms with Gasteiger partial charge in [0.1, 0.15) is 0 Å². The Morgan fingerprint density at radius 2 is 1.93 bits per heavy atom. The maximum atomic E-state index is 9.26. The Bertz CT molecular complexity index is 296. The third-order valence-electron chi connectivity index (χ3n) is 2.74. The number of aliphatic hydroxyl groups excluding tert-OH is 1. The number of hydrogen-bond acceptors (Lipinski definition) is 2. The molecule has 84 valence electrons. The number of hydrogen-bond donors (Lipinski definition) is 2. The van der Waals surface area contributed by atoms with Gasteiger partial charge < -0.3 is 10.4 Å². The summed E-state index contributed by atoms with van der Waals surface area (Å²) >= 11 is 0. The van der Waals surface area contributed by atoms with Crippen LogP contribution in [0.1, 0.15) is 26.3 Å². The van der Waals surface area contributed by atoms with Gasteiger partial charge in [-0.2, -0.15) is 0 Å². The zero-order valence-electron chi connectivity index (χ0n) is 9.83. The Kier molecular flexibility index (Phi) is 4.63. The first-order valence-corrected chi connectivity index (χ1v) is 5.64. The Morgan fingerprint density at radius 1 is 1.27 bits per heavy atom. The molecule has 0 saturated carbocycles. The number of nitrogens with one attached hydrogen (secondary N) is 1. The van der Waals surface area contributed by atoms with E-state index >= 15 is 0 Å². The van der Waals surface area contributed by atoms with Gasteiger partial charge in [-0.1, -0.05) is 39.0 Å². The molecule has 1 rings (SSSR count). The average molecular weight is 207 g/mol. The van der Waals surface area contributed by atoms with Crippen molar-refractivity contribution in [2.75, 3.05) is 11.9 Å². The van der Waals surface area contributed by atoms with Crippen LogP contribution in [0.15, 0.2) is 24.3 Å². The van der Waals surface area contributed by atoms with E-state index < -0.39 is 0 Å². The molecule has 15 heavy (non-hydrogen) atoms. The van der Waals surface area contributed by atoms with Crippen LogP contribution in [0.2, 0.25) is 0 Å². The second-order valence-electron chi connectivity index (χ2n) is 4.19. The predicted molar refractivity (Wildman–Crippen MR) is 65.2 cm³/mol. The molecule has 0 fully saturated rings. The second-order valence-corrected chi connectivity index (χ2v) is 4.19. The molecular formula is C13H21NO. The second kappa shape index (κ2) is 5.76. The molecule has 2 N–H and O–H groups in total. The van der Waals surface area contributed by atoms with Gasteiger partial charge in [0.15, 0.2) is 0 Å². The van der Waals surface area contributed by atoms with Crippen molar-refractivity contribution in [3.63, 3.8) is 0 Å². The van der Waals surface area contributed by atoms with Crippen LogP contribution in [0.4, 0.5) is 5.69 Å². The van der Waals surface area contributed by atoms with Crippen LogP contribution < -0.4 is 5.32 Å². The van der Waals surface area contributed by atoms with Gasteiger partial charge in [-0.05, 0) is 24.0 Å². The number of rotatable bonds is 5. The predicted octanol–water partition coefficient (Wildman–Crippen LogP) is 2.68. The molecule has 0 heterocycles. The first-order valence-electron chi connectivity index (χ1n) is 5.64. The van der Waals surface area contributed by atoms with Crippen LogP contribution in [0.3, 0.4) is 0 Å². The van der Waals surface area contributed by atoms with Crippen molar-refractivity contribution in [1.29, 1.82) is 0 Å². The highest BCUT2D eigenvalue weighted by Crippen LogP contribution is 2.18. The van der Waals surface area contributed by atoms with E-state index in [1.165, 1.54) is 5.56 Å². The Labute approximate surface area is 92.3 Å². The largest absolute Gasteiger partial charge is 0.394 e. The fraction of sp³-hybridized carbons (Fsp3) is 0.538. The molecule has 0 amide bonds. The zero-order valence-corrected chi connectivity index (χ0v) is 9.83. The average Bonchev–Trinajstić information content (AvgIpc) is 2.25. The van der Waals surface area contributed by atoms with E-state index in [0.717, 1.165) is 12.1 Å². The summed E-state index contributed by atoms with van der Waals surface area (Å²) in [5.41, 5.74) is 2.45.